The minimum Gasteiger partial charge on any atom is -0.495 e. The molecule has 2 unspecified atom stereocenters. The van der Waals surface area contributed by atoms with Crippen molar-refractivity contribution in [2.75, 3.05) is 20.3 Å². The number of methoxy groups -OCH3 is 1. The summed E-state index contributed by atoms with van der Waals surface area (Å²) in [6, 6.07) is 8.77. The number of halogens is 1. The minimum atomic E-state index is -0.137. The zero-order chi connectivity index (χ0) is 17.1. The lowest BCUT2D eigenvalue weighted by molar-refractivity contribution is 0.180. The third-order valence-electron chi connectivity index (χ3n) is 4.14. The van der Waals surface area contributed by atoms with E-state index in [9.17, 15) is 4.79 Å². The third-order valence-corrected chi connectivity index (χ3v) is 4.57. The van der Waals surface area contributed by atoms with Crippen LogP contribution in [0.2, 0.25) is 5.02 Å². The van der Waals surface area contributed by atoms with Gasteiger partial charge >= 0.3 is 0 Å². The first-order valence-corrected chi connectivity index (χ1v) is 8.17. The van der Waals surface area contributed by atoms with Gasteiger partial charge in [0.15, 0.2) is 0 Å². The van der Waals surface area contributed by atoms with Gasteiger partial charge in [-0.15, -0.1) is 0 Å². The zero-order valence-electron chi connectivity index (χ0n) is 13.7. The molecule has 1 aliphatic heterocycles. The molecule has 1 aromatic heterocycles. The van der Waals surface area contributed by atoms with E-state index in [4.69, 9.17) is 21.1 Å². The Morgan fingerprint density at radius 2 is 2.21 bits per heavy atom. The van der Waals surface area contributed by atoms with Crippen LogP contribution in [0.4, 0.5) is 0 Å². The Morgan fingerprint density at radius 3 is 3.00 bits per heavy atom. The molecule has 0 aliphatic carbocycles. The summed E-state index contributed by atoms with van der Waals surface area (Å²) in [5.74, 6) is 0.645. The standard InChI is InChI=1S/C17H20ClN3O3/c1-11-6-7-16(22)21(20-11)14-10-24-9-13(14)19-8-12-4-3-5-15(23-2)17(12)18/h3-7,13-14,19H,8-10H2,1-2H3. The second kappa shape index (κ2) is 7.34. The van der Waals surface area contributed by atoms with Gasteiger partial charge in [0.1, 0.15) is 5.75 Å². The molecule has 0 bridgehead atoms. The zero-order valence-corrected chi connectivity index (χ0v) is 14.4. The van der Waals surface area contributed by atoms with Crippen LogP contribution in [-0.2, 0) is 11.3 Å². The second-order valence-corrected chi connectivity index (χ2v) is 6.16. The van der Waals surface area contributed by atoms with Crippen molar-refractivity contribution < 1.29 is 9.47 Å². The van der Waals surface area contributed by atoms with Crippen molar-refractivity contribution in [2.45, 2.75) is 25.6 Å². The van der Waals surface area contributed by atoms with Gasteiger partial charge in [0.2, 0.25) is 0 Å². The quantitative estimate of drug-likeness (QED) is 0.893. The number of nitrogens with zero attached hydrogens (tertiary/aromatic N) is 2. The topological polar surface area (TPSA) is 65.4 Å². The van der Waals surface area contributed by atoms with Crippen LogP contribution in [0.15, 0.2) is 35.1 Å². The normalized spacial score (nSPS) is 20.3. The van der Waals surface area contributed by atoms with Crippen molar-refractivity contribution in [1.82, 2.24) is 15.1 Å². The van der Waals surface area contributed by atoms with E-state index >= 15 is 0 Å². The molecule has 0 amide bonds. The van der Waals surface area contributed by atoms with E-state index in [1.54, 1.807) is 13.2 Å². The van der Waals surface area contributed by atoms with Crippen molar-refractivity contribution in [2.24, 2.45) is 0 Å². The van der Waals surface area contributed by atoms with E-state index in [0.29, 0.717) is 30.5 Å². The Labute approximate surface area is 145 Å². The van der Waals surface area contributed by atoms with Crippen molar-refractivity contribution in [3.05, 3.63) is 57.0 Å². The highest BCUT2D eigenvalue weighted by Gasteiger charge is 2.31. The maximum Gasteiger partial charge on any atom is 0.267 e. The smallest absolute Gasteiger partial charge is 0.267 e. The fourth-order valence-electron chi connectivity index (χ4n) is 2.83. The molecule has 2 aromatic rings. The molecule has 0 radical (unpaired) electrons. The highest BCUT2D eigenvalue weighted by atomic mass is 35.5. The molecule has 7 heteroatoms. The van der Waals surface area contributed by atoms with Gasteiger partial charge in [-0.2, -0.15) is 5.10 Å². The predicted molar refractivity (Wildman–Crippen MR) is 91.7 cm³/mol. The van der Waals surface area contributed by atoms with Gasteiger partial charge in [0, 0.05) is 12.6 Å². The maximum atomic E-state index is 12.1. The van der Waals surface area contributed by atoms with Gasteiger partial charge in [0.25, 0.3) is 5.56 Å². The lowest BCUT2D eigenvalue weighted by Crippen LogP contribution is -2.41. The summed E-state index contributed by atoms with van der Waals surface area (Å²) in [6.45, 7) is 3.40. The van der Waals surface area contributed by atoms with Crippen molar-refractivity contribution >= 4 is 11.6 Å². The lowest BCUT2D eigenvalue weighted by atomic mass is 10.1. The number of nitrogens with one attached hydrogen (secondary N) is 1. The number of hydrogen-bond acceptors (Lipinski definition) is 5. The van der Waals surface area contributed by atoms with E-state index in [1.807, 2.05) is 25.1 Å². The van der Waals surface area contributed by atoms with Gasteiger partial charge in [-0.25, -0.2) is 4.68 Å². The van der Waals surface area contributed by atoms with Crippen molar-refractivity contribution in [3.8, 4) is 5.75 Å². The Bertz CT molecular complexity index is 778. The highest BCUT2D eigenvalue weighted by molar-refractivity contribution is 6.32. The van der Waals surface area contributed by atoms with Crippen LogP contribution in [0.3, 0.4) is 0 Å². The molecule has 24 heavy (non-hydrogen) atoms. The predicted octanol–water partition coefficient (Wildman–Crippen LogP) is 1.94. The molecular formula is C17H20ClN3O3. The number of hydrogen-bond donors (Lipinski definition) is 1. The number of ether oxygens (including phenoxy) is 2. The van der Waals surface area contributed by atoms with Crippen LogP contribution < -0.4 is 15.6 Å². The Kier molecular flexibility index (Phi) is 5.18. The highest BCUT2D eigenvalue weighted by Crippen LogP contribution is 2.28. The van der Waals surface area contributed by atoms with Gasteiger partial charge in [-0.1, -0.05) is 23.7 Å². The number of rotatable bonds is 5. The van der Waals surface area contributed by atoms with Crippen LogP contribution in [-0.4, -0.2) is 36.1 Å². The number of aromatic nitrogens is 2. The first-order valence-electron chi connectivity index (χ1n) is 7.79. The summed E-state index contributed by atoms with van der Waals surface area (Å²) >= 11 is 6.33. The van der Waals surface area contributed by atoms with E-state index in [1.165, 1.54) is 10.7 Å². The largest absolute Gasteiger partial charge is 0.495 e. The van der Waals surface area contributed by atoms with E-state index in [2.05, 4.69) is 10.4 Å². The van der Waals surface area contributed by atoms with Crippen LogP contribution >= 0.6 is 11.6 Å². The Balaban J connectivity index is 1.75. The summed E-state index contributed by atoms with van der Waals surface area (Å²) in [5.41, 5.74) is 1.62. The molecule has 1 fully saturated rings. The molecular weight excluding hydrogens is 330 g/mol. The SMILES string of the molecule is COc1cccc(CNC2COCC2n2nc(C)ccc2=O)c1Cl. The van der Waals surface area contributed by atoms with Crippen LogP contribution in [0, 0.1) is 6.92 Å². The Hall–Kier alpha value is -1.89. The molecule has 2 atom stereocenters. The molecule has 128 valence electrons. The van der Waals surface area contributed by atoms with Crippen molar-refractivity contribution in [3.63, 3.8) is 0 Å². The van der Waals surface area contributed by atoms with Crippen LogP contribution in [0.1, 0.15) is 17.3 Å². The molecule has 1 aromatic carbocycles. The average Bonchev–Trinajstić information content (AvgIpc) is 3.04. The monoisotopic (exact) mass is 349 g/mol. The summed E-state index contributed by atoms with van der Waals surface area (Å²) in [6.07, 6.45) is 0. The number of benzene rings is 1. The molecule has 3 rings (SSSR count). The summed E-state index contributed by atoms with van der Waals surface area (Å²) in [4.78, 5) is 12.1. The molecule has 0 spiro atoms. The number of aryl methyl sites for hydroxylation is 1. The maximum absolute atomic E-state index is 12.1. The second-order valence-electron chi connectivity index (χ2n) is 5.78. The van der Waals surface area contributed by atoms with Crippen LogP contribution in [0.25, 0.3) is 0 Å². The molecule has 6 nitrogen and oxygen atoms in total. The molecule has 1 aliphatic rings. The van der Waals surface area contributed by atoms with Crippen molar-refractivity contribution in [1.29, 1.82) is 0 Å². The van der Waals surface area contributed by atoms with E-state index in [-0.39, 0.29) is 17.6 Å². The van der Waals surface area contributed by atoms with Gasteiger partial charge in [-0.05, 0) is 24.6 Å². The van der Waals surface area contributed by atoms with Gasteiger partial charge < -0.3 is 14.8 Å². The van der Waals surface area contributed by atoms with Gasteiger partial charge in [0.05, 0.1) is 43.1 Å². The molecule has 2 heterocycles. The lowest BCUT2D eigenvalue weighted by Gasteiger charge is -2.21. The van der Waals surface area contributed by atoms with Crippen LogP contribution in [0.5, 0.6) is 5.75 Å². The summed E-state index contributed by atoms with van der Waals surface area (Å²) in [7, 11) is 1.59. The molecule has 1 saturated heterocycles. The minimum absolute atomic E-state index is 0.0146. The van der Waals surface area contributed by atoms with E-state index in [0.717, 1.165) is 11.3 Å². The fraction of sp³-hybridized carbons (Fsp3) is 0.412. The summed E-state index contributed by atoms with van der Waals surface area (Å²) in [5, 5.41) is 8.36. The van der Waals surface area contributed by atoms with Gasteiger partial charge in [-0.3, -0.25) is 4.79 Å². The third kappa shape index (κ3) is 3.45. The molecule has 1 N–H and O–H groups in total. The first-order chi connectivity index (χ1) is 11.6. The van der Waals surface area contributed by atoms with E-state index < -0.39 is 0 Å². The molecule has 0 saturated carbocycles. The first kappa shape index (κ1) is 17.0. The average molecular weight is 350 g/mol. The fourth-order valence-corrected chi connectivity index (χ4v) is 3.10. The summed E-state index contributed by atoms with van der Waals surface area (Å²) < 4.78 is 12.3. The Morgan fingerprint density at radius 1 is 1.38 bits per heavy atom.